The van der Waals surface area contributed by atoms with Gasteiger partial charge in [0.1, 0.15) is 6.17 Å². The van der Waals surface area contributed by atoms with Crippen molar-refractivity contribution in [1.29, 1.82) is 0 Å². The van der Waals surface area contributed by atoms with Crippen LogP contribution in [0.3, 0.4) is 0 Å². The van der Waals surface area contributed by atoms with Crippen molar-refractivity contribution < 1.29 is 9.59 Å². The molecule has 0 aliphatic carbocycles. The molecule has 2 N–H and O–H groups in total. The fraction of sp³-hybridized carbons (Fsp3) is 0.919. The maximum absolute atomic E-state index is 12.3. The first-order chi connectivity index (χ1) is 20.1. The van der Waals surface area contributed by atoms with Crippen LogP contribution in [-0.2, 0) is 9.59 Å². The van der Waals surface area contributed by atoms with E-state index in [1.54, 1.807) is 0 Å². The summed E-state index contributed by atoms with van der Waals surface area (Å²) in [4.78, 5) is 24.7. The molecule has 2 amide bonds. The topological polar surface area (TPSA) is 58.2 Å². The first-order valence-electron chi connectivity index (χ1n) is 18.5. The SMILES string of the molecule is C[CH]C(NC(=O)CCCCCCCCCCCCCCCC)NC(=O)CCCCCCCCCCCCCCCC. The van der Waals surface area contributed by atoms with Crippen LogP contribution < -0.4 is 10.6 Å². The third kappa shape index (κ3) is 31.7. The molecule has 0 fully saturated rings. The van der Waals surface area contributed by atoms with Gasteiger partial charge in [-0.2, -0.15) is 0 Å². The second-order valence-corrected chi connectivity index (χ2v) is 12.6. The summed E-state index contributed by atoms with van der Waals surface area (Å²) in [6, 6.07) is 0. The van der Waals surface area contributed by atoms with Crippen molar-refractivity contribution in [3.8, 4) is 0 Å². The average Bonchev–Trinajstić information content (AvgIpc) is 2.97. The lowest BCUT2D eigenvalue weighted by Crippen LogP contribution is -2.47. The van der Waals surface area contributed by atoms with Crippen LogP contribution in [0.1, 0.15) is 213 Å². The Labute approximate surface area is 257 Å². The molecule has 4 nitrogen and oxygen atoms in total. The Hall–Kier alpha value is -1.06. The van der Waals surface area contributed by atoms with Crippen LogP contribution >= 0.6 is 0 Å². The maximum atomic E-state index is 12.3. The lowest BCUT2D eigenvalue weighted by molar-refractivity contribution is -0.124. The molecule has 0 saturated heterocycles. The third-order valence-corrected chi connectivity index (χ3v) is 8.48. The van der Waals surface area contributed by atoms with Crippen LogP contribution in [0.2, 0.25) is 0 Å². The van der Waals surface area contributed by atoms with Gasteiger partial charge in [0, 0.05) is 19.3 Å². The fourth-order valence-electron chi connectivity index (χ4n) is 5.65. The van der Waals surface area contributed by atoms with Crippen molar-refractivity contribution in [1.82, 2.24) is 10.6 Å². The van der Waals surface area contributed by atoms with E-state index in [2.05, 4.69) is 24.5 Å². The molecule has 0 heterocycles. The summed E-state index contributed by atoms with van der Waals surface area (Å²) < 4.78 is 0. The quantitative estimate of drug-likeness (QED) is 0.0602. The molecule has 1 radical (unpaired) electrons. The van der Waals surface area contributed by atoms with Crippen molar-refractivity contribution in [2.75, 3.05) is 0 Å². The van der Waals surface area contributed by atoms with E-state index >= 15 is 0 Å². The molecular formula is C37H73N2O2. The predicted octanol–water partition coefficient (Wildman–Crippen LogP) is 11.5. The molecule has 0 bridgehead atoms. The van der Waals surface area contributed by atoms with Crippen LogP contribution in [-0.4, -0.2) is 18.0 Å². The van der Waals surface area contributed by atoms with E-state index in [0.29, 0.717) is 12.8 Å². The first kappa shape index (κ1) is 39.9. The van der Waals surface area contributed by atoms with Gasteiger partial charge < -0.3 is 10.6 Å². The first-order valence-corrected chi connectivity index (χ1v) is 18.5. The monoisotopic (exact) mass is 578 g/mol. The summed E-state index contributed by atoms with van der Waals surface area (Å²) in [5, 5.41) is 5.94. The molecule has 4 heteroatoms. The average molecular weight is 578 g/mol. The van der Waals surface area contributed by atoms with Crippen LogP contribution in [0.15, 0.2) is 0 Å². The fourth-order valence-corrected chi connectivity index (χ4v) is 5.65. The number of nitrogens with one attached hydrogen (secondary N) is 2. The lowest BCUT2D eigenvalue weighted by atomic mass is 10.0. The van der Waals surface area contributed by atoms with Crippen molar-refractivity contribution in [3.63, 3.8) is 0 Å². The summed E-state index contributed by atoms with van der Waals surface area (Å²) in [5.74, 6) is 0.0904. The Morgan fingerprint density at radius 1 is 0.415 bits per heavy atom. The molecule has 0 atom stereocenters. The highest BCUT2D eigenvalue weighted by molar-refractivity contribution is 5.79. The second kappa shape index (κ2) is 33.4. The van der Waals surface area contributed by atoms with Gasteiger partial charge in [0.05, 0.1) is 0 Å². The van der Waals surface area contributed by atoms with E-state index in [1.165, 1.54) is 154 Å². The van der Waals surface area contributed by atoms with Gasteiger partial charge in [0.2, 0.25) is 11.8 Å². The zero-order valence-electron chi connectivity index (χ0n) is 28.2. The molecule has 0 aromatic rings. The summed E-state index contributed by atoms with van der Waals surface area (Å²) in [6.07, 6.45) is 39.5. The van der Waals surface area contributed by atoms with Gasteiger partial charge in [-0.15, -0.1) is 0 Å². The van der Waals surface area contributed by atoms with Crippen molar-refractivity contribution in [2.45, 2.75) is 220 Å². The molecular weight excluding hydrogens is 504 g/mol. The Bertz CT molecular complexity index is 505. The summed E-state index contributed by atoms with van der Waals surface area (Å²) in [5.41, 5.74) is 0. The van der Waals surface area contributed by atoms with Crippen LogP contribution in [0.25, 0.3) is 0 Å². The third-order valence-electron chi connectivity index (χ3n) is 8.48. The van der Waals surface area contributed by atoms with Crippen molar-refractivity contribution in [2.24, 2.45) is 0 Å². The molecule has 0 spiro atoms. The number of hydrogen-bond donors (Lipinski definition) is 2. The number of amides is 2. The number of rotatable bonds is 33. The molecule has 0 aliphatic heterocycles. The van der Waals surface area contributed by atoms with Gasteiger partial charge in [0.25, 0.3) is 0 Å². The molecule has 0 aromatic heterocycles. The smallest absolute Gasteiger partial charge is 0.221 e. The Kier molecular flexibility index (Phi) is 32.6. The molecule has 0 unspecified atom stereocenters. The highest BCUT2D eigenvalue weighted by Crippen LogP contribution is 2.15. The minimum absolute atomic E-state index is 0.0452. The zero-order valence-corrected chi connectivity index (χ0v) is 28.2. The highest BCUT2D eigenvalue weighted by atomic mass is 16.2. The number of unbranched alkanes of at least 4 members (excludes halogenated alkanes) is 26. The Morgan fingerprint density at radius 2 is 0.634 bits per heavy atom. The predicted molar refractivity (Wildman–Crippen MR) is 180 cm³/mol. The van der Waals surface area contributed by atoms with Gasteiger partial charge in [-0.25, -0.2) is 0 Å². The largest absolute Gasteiger partial charge is 0.336 e. The van der Waals surface area contributed by atoms with E-state index in [0.717, 1.165) is 25.7 Å². The summed E-state index contributed by atoms with van der Waals surface area (Å²) in [6.45, 7) is 6.45. The molecule has 0 aliphatic rings. The van der Waals surface area contributed by atoms with Crippen LogP contribution in [0.4, 0.5) is 0 Å². The van der Waals surface area contributed by atoms with Gasteiger partial charge >= 0.3 is 0 Å². The highest BCUT2D eigenvalue weighted by Gasteiger charge is 2.13. The second-order valence-electron chi connectivity index (χ2n) is 12.6. The van der Waals surface area contributed by atoms with E-state index in [-0.39, 0.29) is 18.0 Å². The van der Waals surface area contributed by atoms with E-state index in [9.17, 15) is 9.59 Å². The minimum Gasteiger partial charge on any atom is -0.336 e. The van der Waals surface area contributed by atoms with Gasteiger partial charge in [-0.05, 0) is 12.8 Å². The van der Waals surface area contributed by atoms with E-state index in [4.69, 9.17) is 0 Å². The molecule has 41 heavy (non-hydrogen) atoms. The van der Waals surface area contributed by atoms with Gasteiger partial charge in [-0.3, -0.25) is 9.59 Å². The van der Waals surface area contributed by atoms with Crippen molar-refractivity contribution in [3.05, 3.63) is 6.42 Å². The number of hydrogen-bond acceptors (Lipinski definition) is 2. The molecule has 243 valence electrons. The van der Waals surface area contributed by atoms with Crippen LogP contribution in [0.5, 0.6) is 0 Å². The van der Waals surface area contributed by atoms with E-state index < -0.39 is 0 Å². The Morgan fingerprint density at radius 3 is 0.854 bits per heavy atom. The number of carbonyl (C=O) groups excluding carboxylic acids is 2. The minimum atomic E-state index is -0.353. The van der Waals surface area contributed by atoms with Crippen LogP contribution in [0, 0.1) is 6.42 Å². The molecule has 0 rings (SSSR count). The normalized spacial score (nSPS) is 11.3. The summed E-state index contributed by atoms with van der Waals surface area (Å²) in [7, 11) is 0. The van der Waals surface area contributed by atoms with Crippen molar-refractivity contribution >= 4 is 11.8 Å². The Balaban J connectivity index is 3.52. The van der Waals surface area contributed by atoms with Gasteiger partial charge in [-0.1, -0.05) is 188 Å². The lowest BCUT2D eigenvalue weighted by Gasteiger charge is -2.18. The molecule has 0 aromatic carbocycles. The zero-order chi connectivity index (χ0) is 30.1. The van der Waals surface area contributed by atoms with Gasteiger partial charge in [0.15, 0.2) is 0 Å². The van der Waals surface area contributed by atoms with E-state index in [1.807, 2.05) is 13.3 Å². The molecule has 0 saturated carbocycles. The maximum Gasteiger partial charge on any atom is 0.221 e. The summed E-state index contributed by atoms with van der Waals surface area (Å²) >= 11 is 0. The number of carbonyl (C=O) groups is 2. The standard InChI is InChI=1S/C37H73N2O2/c1-4-7-9-11-13-15-17-19-21-23-25-27-29-31-33-36(40)38-35(6-3)39-37(41)34-32-30-28-26-24-22-20-18-16-14-12-10-8-5-2/h6,35H,4-5,7-34H2,1-3H3,(H,38,40)(H,39,41).